The molecular weight excluding hydrogens is 277 g/mol. The zero-order chi connectivity index (χ0) is 15.1. The van der Waals surface area contributed by atoms with Crippen molar-refractivity contribution in [3.8, 4) is 0 Å². The number of halogens is 1. The third kappa shape index (κ3) is 5.13. The smallest absolute Gasteiger partial charge is 0.313 e. The number of carbonyl (C=O) groups excluding carboxylic acids is 2. The lowest BCUT2D eigenvalue weighted by Gasteiger charge is -2.26. The van der Waals surface area contributed by atoms with E-state index in [0.717, 1.165) is 13.1 Å². The minimum Gasteiger partial charge on any atom is -0.379 e. The lowest BCUT2D eigenvalue weighted by Crippen LogP contribution is -2.43. The van der Waals surface area contributed by atoms with E-state index in [2.05, 4.69) is 15.5 Å². The van der Waals surface area contributed by atoms with Crippen LogP contribution in [0.15, 0.2) is 24.3 Å². The van der Waals surface area contributed by atoms with Gasteiger partial charge in [0.1, 0.15) is 5.82 Å². The van der Waals surface area contributed by atoms with Gasteiger partial charge in [0.05, 0.1) is 13.2 Å². The first-order chi connectivity index (χ1) is 10.1. The molecule has 1 aromatic carbocycles. The number of amides is 2. The minimum atomic E-state index is -0.761. The number of rotatable bonds is 4. The molecule has 6 nitrogen and oxygen atoms in total. The number of benzene rings is 1. The van der Waals surface area contributed by atoms with E-state index >= 15 is 0 Å². The lowest BCUT2D eigenvalue weighted by molar-refractivity contribution is -0.136. The van der Waals surface area contributed by atoms with Gasteiger partial charge in [0.25, 0.3) is 0 Å². The Labute approximate surface area is 122 Å². The largest absolute Gasteiger partial charge is 0.379 e. The predicted molar refractivity (Wildman–Crippen MR) is 75.3 cm³/mol. The molecule has 0 unspecified atom stereocenters. The molecule has 1 aliphatic rings. The number of morpholine rings is 1. The highest BCUT2D eigenvalue weighted by Gasteiger charge is 2.14. The Bertz CT molecular complexity index is 487. The molecule has 1 aliphatic heterocycles. The van der Waals surface area contributed by atoms with Crippen LogP contribution < -0.4 is 10.6 Å². The van der Waals surface area contributed by atoms with Gasteiger partial charge in [0, 0.05) is 31.9 Å². The summed E-state index contributed by atoms with van der Waals surface area (Å²) >= 11 is 0. The van der Waals surface area contributed by atoms with Gasteiger partial charge in [-0.05, 0) is 24.3 Å². The van der Waals surface area contributed by atoms with Crippen LogP contribution in [0.3, 0.4) is 0 Å². The third-order valence-corrected chi connectivity index (χ3v) is 3.13. The molecule has 2 amide bonds. The maximum atomic E-state index is 12.7. The van der Waals surface area contributed by atoms with Crippen molar-refractivity contribution in [2.75, 3.05) is 44.7 Å². The van der Waals surface area contributed by atoms with E-state index in [0.29, 0.717) is 32.0 Å². The van der Waals surface area contributed by atoms with E-state index in [1.165, 1.54) is 24.3 Å². The second-order valence-electron chi connectivity index (χ2n) is 4.67. The number of anilines is 1. The van der Waals surface area contributed by atoms with Gasteiger partial charge in [0.15, 0.2) is 0 Å². The van der Waals surface area contributed by atoms with Crippen molar-refractivity contribution in [1.29, 1.82) is 0 Å². The Balaban J connectivity index is 1.69. The molecule has 21 heavy (non-hydrogen) atoms. The monoisotopic (exact) mass is 295 g/mol. The Morgan fingerprint density at radius 3 is 2.48 bits per heavy atom. The molecule has 1 fully saturated rings. The molecule has 0 aliphatic carbocycles. The summed E-state index contributed by atoms with van der Waals surface area (Å²) in [5.74, 6) is -1.86. The first-order valence-electron chi connectivity index (χ1n) is 6.80. The molecule has 1 aromatic rings. The van der Waals surface area contributed by atoms with Crippen LogP contribution in [-0.4, -0.2) is 56.1 Å². The average molecular weight is 295 g/mol. The first kappa shape index (κ1) is 15.4. The maximum Gasteiger partial charge on any atom is 0.313 e. The lowest BCUT2D eigenvalue weighted by atomic mass is 10.3. The molecule has 1 heterocycles. The summed E-state index contributed by atoms with van der Waals surface area (Å²) in [6, 6.07) is 5.22. The van der Waals surface area contributed by atoms with E-state index in [4.69, 9.17) is 4.74 Å². The predicted octanol–water partition coefficient (Wildman–Crippen LogP) is 0.213. The van der Waals surface area contributed by atoms with Gasteiger partial charge in [-0.15, -0.1) is 0 Å². The molecule has 0 radical (unpaired) electrons. The standard InChI is InChI=1S/C14H18FN3O3/c15-11-1-3-12(4-2-11)17-14(20)13(19)16-5-6-18-7-9-21-10-8-18/h1-4H,5-10H2,(H,16,19)(H,17,20). The van der Waals surface area contributed by atoms with Crippen molar-refractivity contribution >= 4 is 17.5 Å². The quantitative estimate of drug-likeness (QED) is 0.779. The topological polar surface area (TPSA) is 70.7 Å². The zero-order valence-corrected chi connectivity index (χ0v) is 11.6. The van der Waals surface area contributed by atoms with Crippen LogP contribution in [0.4, 0.5) is 10.1 Å². The van der Waals surface area contributed by atoms with Gasteiger partial charge < -0.3 is 15.4 Å². The molecule has 0 spiro atoms. The molecular formula is C14H18FN3O3. The summed E-state index contributed by atoms with van der Waals surface area (Å²) in [4.78, 5) is 25.4. The van der Waals surface area contributed by atoms with Gasteiger partial charge in [-0.25, -0.2) is 4.39 Å². The summed E-state index contributed by atoms with van der Waals surface area (Å²) in [7, 11) is 0. The summed E-state index contributed by atoms with van der Waals surface area (Å²) < 4.78 is 17.9. The molecule has 2 N–H and O–H groups in total. The van der Waals surface area contributed by atoms with Crippen molar-refractivity contribution in [2.45, 2.75) is 0 Å². The zero-order valence-electron chi connectivity index (χ0n) is 11.6. The number of carbonyl (C=O) groups is 2. The number of hydrogen-bond acceptors (Lipinski definition) is 4. The van der Waals surface area contributed by atoms with Crippen LogP contribution in [0.1, 0.15) is 0 Å². The molecule has 7 heteroatoms. The van der Waals surface area contributed by atoms with Gasteiger partial charge in [0.2, 0.25) is 0 Å². The van der Waals surface area contributed by atoms with Crippen molar-refractivity contribution in [2.24, 2.45) is 0 Å². The van der Waals surface area contributed by atoms with Gasteiger partial charge >= 0.3 is 11.8 Å². The van der Waals surface area contributed by atoms with Crippen LogP contribution in [0.2, 0.25) is 0 Å². The van der Waals surface area contributed by atoms with Gasteiger partial charge in [-0.3, -0.25) is 14.5 Å². The van der Waals surface area contributed by atoms with Crippen LogP contribution in [0, 0.1) is 5.82 Å². The summed E-state index contributed by atoms with van der Waals surface area (Å²) in [6.45, 7) is 4.13. The van der Waals surface area contributed by atoms with E-state index in [-0.39, 0.29) is 0 Å². The van der Waals surface area contributed by atoms with Crippen molar-refractivity contribution < 1.29 is 18.7 Å². The number of hydrogen-bond donors (Lipinski definition) is 2. The SMILES string of the molecule is O=C(NCCN1CCOCC1)C(=O)Nc1ccc(F)cc1. The molecule has 0 bridgehead atoms. The van der Waals surface area contributed by atoms with Gasteiger partial charge in [-0.1, -0.05) is 0 Å². The van der Waals surface area contributed by atoms with E-state index in [1.807, 2.05) is 0 Å². The van der Waals surface area contributed by atoms with E-state index in [9.17, 15) is 14.0 Å². The molecule has 1 saturated heterocycles. The van der Waals surface area contributed by atoms with E-state index < -0.39 is 17.6 Å². The van der Waals surface area contributed by atoms with Crippen molar-refractivity contribution in [3.05, 3.63) is 30.1 Å². The number of nitrogens with zero attached hydrogens (tertiary/aromatic N) is 1. The minimum absolute atomic E-state index is 0.379. The normalized spacial score (nSPS) is 15.5. The molecule has 114 valence electrons. The molecule has 0 saturated carbocycles. The fourth-order valence-corrected chi connectivity index (χ4v) is 1.95. The van der Waals surface area contributed by atoms with Crippen molar-refractivity contribution in [1.82, 2.24) is 10.2 Å². The van der Waals surface area contributed by atoms with Gasteiger partial charge in [-0.2, -0.15) is 0 Å². The first-order valence-corrected chi connectivity index (χ1v) is 6.80. The van der Waals surface area contributed by atoms with E-state index in [1.54, 1.807) is 0 Å². The fourth-order valence-electron chi connectivity index (χ4n) is 1.95. The maximum absolute atomic E-state index is 12.7. The Morgan fingerprint density at radius 2 is 1.81 bits per heavy atom. The number of nitrogens with one attached hydrogen (secondary N) is 2. The third-order valence-electron chi connectivity index (χ3n) is 3.13. The Morgan fingerprint density at radius 1 is 1.14 bits per heavy atom. The second-order valence-corrected chi connectivity index (χ2v) is 4.67. The fraction of sp³-hybridized carbons (Fsp3) is 0.429. The Kier molecular flexibility index (Phi) is 5.65. The Hall–Kier alpha value is -1.99. The van der Waals surface area contributed by atoms with Crippen molar-refractivity contribution in [3.63, 3.8) is 0 Å². The van der Waals surface area contributed by atoms with Crippen LogP contribution in [0.5, 0.6) is 0 Å². The highest BCUT2D eigenvalue weighted by atomic mass is 19.1. The molecule has 0 aromatic heterocycles. The van der Waals surface area contributed by atoms with Crippen LogP contribution >= 0.6 is 0 Å². The average Bonchev–Trinajstić information content (AvgIpc) is 2.50. The number of ether oxygens (including phenoxy) is 1. The molecule has 0 atom stereocenters. The van der Waals surface area contributed by atoms with Crippen LogP contribution in [-0.2, 0) is 14.3 Å². The molecule has 2 rings (SSSR count). The highest BCUT2D eigenvalue weighted by Crippen LogP contribution is 2.07. The summed E-state index contributed by atoms with van der Waals surface area (Å²) in [6.07, 6.45) is 0. The highest BCUT2D eigenvalue weighted by molar-refractivity contribution is 6.39. The van der Waals surface area contributed by atoms with Crippen LogP contribution in [0.25, 0.3) is 0 Å². The summed E-state index contributed by atoms with van der Waals surface area (Å²) in [5.41, 5.74) is 0.379. The second kappa shape index (κ2) is 7.70. The summed E-state index contributed by atoms with van der Waals surface area (Å²) in [5, 5.41) is 4.96.